The third-order valence-corrected chi connectivity index (χ3v) is 2.70. The van der Waals surface area contributed by atoms with Gasteiger partial charge in [0.2, 0.25) is 0 Å². The Kier molecular flexibility index (Phi) is 3.62. The van der Waals surface area contributed by atoms with Crippen LogP contribution < -0.4 is 11.1 Å². The van der Waals surface area contributed by atoms with Crippen LogP contribution in [-0.2, 0) is 0 Å². The highest BCUT2D eigenvalue weighted by molar-refractivity contribution is 7.80. The molecule has 1 unspecified atom stereocenters. The summed E-state index contributed by atoms with van der Waals surface area (Å²) >= 11 is 4.80. The third kappa shape index (κ3) is 2.87. The molecule has 0 aliphatic rings. The van der Waals surface area contributed by atoms with Crippen LogP contribution in [0.2, 0.25) is 0 Å². The van der Waals surface area contributed by atoms with E-state index in [2.05, 4.69) is 5.32 Å². The van der Waals surface area contributed by atoms with Crippen LogP contribution in [0.4, 0.5) is 0 Å². The summed E-state index contributed by atoms with van der Waals surface area (Å²) < 4.78 is 5.46. The third-order valence-electron chi connectivity index (χ3n) is 2.53. The van der Waals surface area contributed by atoms with Gasteiger partial charge in [-0.15, -0.1) is 0 Å². The second-order valence-corrected chi connectivity index (χ2v) is 4.72. The van der Waals surface area contributed by atoms with E-state index in [-0.39, 0.29) is 11.9 Å². The summed E-state index contributed by atoms with van der Waals surface area (Å²) in [6.45, 7) is 1.85. The zero-order valence-corrected chi connectivity index (χ0v) is 10.8. The lowest BCUT2D eigenvalue weighted by atomic mass is 10.2. The van der Waals surface area contributed by atoms with Crippen molar-refractivity contribution >= 4 is 34.1 Å². The lowest BCUT2D eigenvalue weighted by molar-refractivity contribution is 0.0915. The minimum Gasteiger partial charge on any atom is -0.451 e. The predicted octanol–water partition coefficient (Wildman–Crippen LogP) is 2.23. The molecule has 0 radical (unpaired) electrons. The van der Waals surface area contributed by atoms with E-state index in [9.17, 15) is 4.79 Å². The summed E-state index contributed by atoms with van der Waals surface area (Å²) in [5.74, 6) is 0.0425. The Morgan fingerprint density at radius 1 is 1.50 bits per heavy atom. The number of carbonyl (C=O) groups is 1. The van der Waals surface area contributed by atoms with Gasteiger partial charge in [0.25, 0.3) is 5.91 Å². The Labute approximate surface area is 110 Å². The molecule has 0 aliphatic carbocycles. The Balaban J connectivity index is 2.11. The topological polar surface area (TPSA) is 68.3 Å². The minimum absolute atomic E-state index is 0.108. The molecule has 0 fully saturated rings. The summed E-state index contributed by atoms with van der Waals surface area (Å²) in [7, 11) is 0. The van der Waals surface area contributed by atoms with E-state index >= 15 is 0 Å². The van der Waals surface area contributed by atoms with Crippen LogP contribution in [0.5, 0.6) is 0 Å². The van der Waals surface area contributed by atoms with Gasteiger partial charge < -0.3 is 15.5 Å². The molecule has 1 atom stereocenters. The molecular weight excluding hydrogens is 248 g/mol. The standard InChI is InChI=1S/C13H14N2O2S/c1-8(6-12(14)18)15-13(16)11-7-9-4-2-3-5-10(9)17-11/h2-5,7-8H,6H2,1H3,(H2,14,18)(H,15,16). The van der Waals surface area contributed by atoms with Crippen molar-refractivity contribution in [1.82, 2.24) is 5.32 Å². The lowest BCUT2D eigenvalue weighted by Gasteiger charge is -2.11. The highest BCUT2D eigenvalue weighted by Gasteiger charge is 2.14. The Morgan fingerprint density at radius 2 is 2.22 bits per heavy atom. The normalized spacial score (nSPS) is 12.3. The number of amides is 1. The fourth-order valence-corrected chi connectivity index (χ4v) is 1.99. The molecule has 5 heteroatoms. The molecule has 18 heavy (non-hydrogen) atoms. The number of nitrogens with two attached hydrogens (primary N) is 1. The number of furan rings is 1. The molecule has 4 nitrogen and oxygen atoms in total. The number of hydrogen-bond acceptors (Lipinski definition) is 3. The molecule has 2 aromatic rings. The first-order valence-electron chi connectivity index (χ1n) is 5.64. The molecule has 3 N–H and O–H groups in total. The van der Waals surface area contributed by atoms with Crippen molar-refractivity contribution in [2.45, 2.75) is 19.4 Å². The molecule has 0 saturated carbocycles. The van der Waals surface area contributed by atoms with E-state index in [1.807, 2.05) is 31.2 Å². The quantitative estimate of drug-likeness (QED) is 0.829. The van der Waals surface area contributed by atoms with Gasteiger partial charge in [0.1, 0.15) is 5.58 Å². The van der Waals surface area contributed by atoms with Crippen LogP contribution in [0.15, 0.2) is 34.7 Å². The molecule has 1 heterocycles. The molecule has 1 aromatic heterocycles. The van der Waals surface area contributed by atoms with Gasteiger partial charge in [0, 0.05) is 17.8 Å². The highest BCUT2D eigenvalue weighted by Crippen LogP contribution is 2.18. The summed E-state index contributed by atoms with van der Waals surface area (Å²) in [5, 5.41) is 3.70. The maximum Gasteiger partial charge on any atom is 0.287 e. The molecule has 0 saturated heterocycles. The fraction of sp³-hybridized carbons (Fsp3) is 0.231. The summed E-state index contributed by atoms with van der Waals surface area (Å²) in [4.78, 5) is 12.3. The van der Waals surface area contributed by atoms with Crippen molar-refractivity contribution in [3.63, 3.8) is 0 Å². The van der Waals surface area contributed by atoms with Crippen molar-refractivity contribution in [1.29, 1.82) is 0 Å². The average Bonchev–Trinajstić information content (AvgIpc) is 2.71. The number of fused-ring (bicyclic) bond motifs is 1. The number of hydrogen-bond donors (Lipinski definition) is 2. The second-order valence-electron chi connectivity index (χ2n) is 4.19. The van der Waals surface area contributed by atoms with Crippen molar-refractivity contribution in [2.24, 2.45) is 5.73 Å². The smallest absolute Gasteiger partial charge is 0.287 e. The van der Waals surface area contributed by atoms with E-state index in [4.69, 9.17) is 22.4 Å². The van der Waals surface area contributed by atoms with Gasteiger partial charge in [-0.3, -0.25) is 4.79 Å². The van der Waals surface area contributed by atoms with Gasteiger partial charge in [0.05, 0.1) is 4.99 Å². The van der Waals surface area contributed by atoms with E-state index < -0.39 is 0 Å². The monoisotopic (exact) mass is 262 g/mol. The first-order chi connectivity index (χ1) is 8.56. The molecule has 2 rings (SSSR count). The summed E-state index contributed by atoms with van der Waals surface area (Å²) in [6, 6.07) is 9.10. The van der Waals surface area contributed by atoms with Crippen LogP contribution in [0.1, 0.15) is 23.9 Å². The largest absolute Gasteiger partial charge is 0.451 e. The van der Waals surface area contributed by atoms with Gasteiger partial charge in [-0.1, -0.05) is 30.4 Å². The first-order valence-corrected chi connectivity index (χ1v) is 6.05. The predicted molar refractivity (Wildman–Crippen MR) is 74.5 cm³/mol. The molecular formula is C13H14N2O2S. The highest BCUT2D eigenvalue weighted by atomic mass is 32.1. The van der Waals surface area contributed by atoms with E-state index in [0.717, 1.165) is 5.39 Å². The van der Waals surface area contributed by atoms with Crippen LogP contribution in [0, 0.1) is 0 Å². The zero-order chi connectivity index (χ0) is 13.1. The average molecular weight is 262 g/mol. The molecule has 1 aromatic carbocycles. The van der Waals surface area contributed by atoms with Crippen molar-refractivity contribution in [3.05, 3.63) is 36.1 Å². The van der Waals surface area contributed by atoms with Crippen LogP contribution in [0.25, 0.3) is 11.0 Å². The molecule has 94 valence electrons. The van der Waals surface area contributed by atoms with E-state index in [0.29, 0.717) is 22.8 Å². The van der Waals surface area contributed by atoms with Gasteiger partial charge in [0.15, 0.2) is 5.76 Å². The Bertz CT molecular complexity index is 558. The number of carbonyl (C=O) groups excluding carboxylic acids is 1. The first kappa shape index (κ1) is 12.6. The van der Waals surface area contributed by atoms with Crippen LogP contribution in [0.3, 0.4) is 0 Å². The van der Waals surface area contributed by atoms with Crippen molar-refractivity contribution in [3.8, 4) is 0 Å². The number of benzene rings is 1. The molecule has 0 spiro atoms. The summed E-state index contributed by atoms with van der Waals surface area (Å²) in [6.07, 6.45) is 0.474. The van der Waals surface area contributed by atoms with Gasteiger partial charge in [-0.05, 0) is 19.1 Å². The van der Waals surface area contributed by atoms with Crippen LogP contribution in [-0.4, -0.2) is 16.9 Å². The number of thiocarbonyl (C=S) groups is 1. The SMILES string of the molecule is CC(CC(N)=S)NC(=O)c1cc2ccccc2o1. The molecule has 0 bridgehead atoms. The maximum absolute atomic E-state index is 11.9. The second kappa shape index (κ2) is 5.18. The molecule has 0 aliphatic heterocycles. The number of para-hydroxylation sites is 1. The van der Waals surface area contributed by atoms with Crippen molar-refractivity contribution in [2.75, 3.05) is 0 Å². The molecule has 1 amide bonds. The lowest BCUT2D eigenvalue weighted by Crippen LogP contribution is -2.35. The van der Waals surface area contributed by atoms with E-state index in [1.54, 1.807) is 6.07 Å². The van der Waals surface area contributed by atoms with Gasteiger partial charge in [-0.2, -0.15) is 0 Å². The summed E-state index contributed by atoms with van der Waals surface area (Å²) in [5.41, 5.74) is 6.12. The Hall–Kier alpha value is -1.88. The van der Waals surface area contributed by atoms with Gasteiger partial charge >= 0.3 is 0 Å². The minimum atomic E-state index is -0.255. The number of nitrogens with one attached hydrogen (secondary N) is 1. The maximum atomic E-state index is 11.9. The fourth-order valence-electron chi connectivity index (χ4n) is 1.74. The number of rotatable bonds is 4. The van der Waals surface area contributed by atoms with Crippen molar-refractivity contribution < 1.29 is 9.21 Å². The van der Waals surface area contributed by atoms with E-state index in [1.165, 1.54) is 0 Å². The van der Waals surface area contributed by atoms with Gasteiger partial charge in [-0.25, -0.2) is 0 Å². The Morgan fingerprint density at radius 3 is 2.89 bits per heavy atom. The van der Waals surface area contributed by atoms with Crippen LogP contribution >= 0.6 is 12.2 Å². The zero-order valence-electron chi connectivity index (χ0n) is 9.97.